The van der Waals surface area contributed by atoms with Gasteiger partial charge in [-0.15, -0.1) is 0 Å². The van der Waals surface area contributed by atoms with Gasteiger partial charge in [-0.1, -0.05) is 48.6 Å². The summed E-state index contributed by atoms with van der Waals surface area (Å²) in [4.78, 5) is 0. The van der Waals surface area contributed by atoms with Gasteiger partial charge in [0.2, 0.25) is 0 Å². The topological polar surface area (TPSA) is 0 Å². The molecule has 0 radical (unpaired) electrons. The van der Waals surface area contributed by atoms with E-state index in [2.05, 4.69) is 89.3 Å². The van der Waals surface area contributed by atoms with E-state index in [0.29, 0.717) is 0 Å². The first-order chi connectivity index (χ1) is 9.33. The van der Waals surface area contributed by atoms with Gasteiger partial charge in [0.25, 0.3) is 0 Å². The van der Waals surface area contributed by atoms with Crippen LogP contribution in [0.2, 0.25) is 0 Å². The van der Waals surface area contributed by atoms with Gasteiger partial charge in [0.05, 0.1) is 0 Å². The molecule has 19 heavy (non-hydrogen) atoms. The first kappa shape index (κ1) is 12.7. The molecule has 0 aromatic heterocycles. The maximum absolute atomic E-state index is 2.41. The molecular formula is C18H15I. The van der Waals surface area contributed by atoms with E-state index in [-0.39, 0.29) is 0 Å². The summed E-state index contributed by atoms with van der Waals surface area (Å²) in [7, 11) is 0. The van der Waals surface area contributed by atoms with E-state index in [4.69, 9.17) is 0 Å². The van der Waals surface area contributed by atoms with E-state index in [1.54, 1.807) is 0 Å². The molecule has 0 saturated heterocycles. The lowest BCUT2D eigenvalue weighted by molar-refractivity contribution is 1.05. The molecule has 1 heteroatoms. The van der Waals surface area contributed by atoms with Crippen molar-refractivity contribution >= 4 is 28.2 Å². The Hall–Kier alpha value is -1.35. The van der Waals surface area contributed by atoms with Gasteiger partial charge in [0, 0.05) is 3.57 Å². The Morgan fingerprint density at radius 1 is 0.842 bits per heavy atom. The molecule has 3 rings (SSSR count). The lowest BCUT2D eigenvalue weighted by Crippen LogP contribution is -1.90. The lowest BCUT2D eigenvalue weighted by atomic mass is 9.94. The molecule has 1 aliphatic rings. The number of rotatable bonds is 2. The highest BCUT2D eigenvalue weighted by Gasteiger charge is 2.07. The first-order valence-electron chi connectivity index (χ1n) is 6.55. The summed E-state index contributed by atoms with van der Waals surface area (Å²) in [5.41, 5.74) is 5.39. The van der Waals surface area contributed by atoms with Crippen LogP contribution in [0.15, 0.2) is 66.8 Å². The van der Waals surface area contributed by atoms with Gasteiger partial charge in [-0.3, -0.25) is 0 Å². The van der Waals surface area contributed by atoms with E-state index in [9.17, 15) is 0 Å². The predicted octanol–water partition coefficient (Wildman–Crippen LogP) is 5.69. The minimum atomic E-state index is 1.14. The van der Waals surface area contributed by atoms with Crippen LogP contribution in [-0.2, 0) is 0 Å². The maximum atomic E-state index is 2.41. The Balaban J connectivity index is 2.06. The summed E-state index contributed by atoms with van der Waals surface area (Å²) in [5, 5.41) is 0. The fourth-order valence-electron chi connectivity index (χ4n) is 2.42. The van der Waals surface area contributed by atoms with Crippen molar-refractivity contribution in [2.45, 2.75) is 12.8 Å². The van der Waals surface area contributed by atoms with Crippen molar-refractivity contribution < 1.29 is 0 Å². The van der Waals surface area contributed by atoms with Gasteiger partial charge in [0.15, 0.2) is 0 Å². The Bertz CT molecular complexity index is 636. The van der Waals surface area contributed by atoms with Crippen LogP contribution in [0.4, 0.5) is 0 Å². The molecule has 0 aliphatic heterocycles. The third-order valence-corrected chi connectivity index (χ3v) is 4.01. The van der Waals surface area contributed by atoms with Crippen LogP contribution in [0.3, 0.4) is 0 Å². The fourth-order valence-corrected chi connectivity index (χ4v) is 3.09. The van der Waals surface area contributed by atoms with Gasteiger partial charge < -0.3 is 0 Å². The Morgan fingerprint density at radius 2 is 1.63 bits per heavy atom. The first-order valence-corrected chi connectivity index (χ1v) is 7.63. The number of hydrogen-bond acceptors (Lipinski definition) is 0. The molecule has 0 heterocycles. The maximum Gasteiger partial charge on any atom is 0.0142 e. The monoisotopic (exact) mass is 358 g/mol. The van der Waals surface area contributed by atoms with Gasteiger partial charge >= 0.3 is 0 Å². The van der Waals surface area contributed by atoms with Crippen LogP contribution in [-0.4, -0.2) is 0 Å². The van der Waals surface area contributed by atoms with Gasteiger partial charge in [-0.2, -0.15) is 0 Å². The Kier molecular flexibility index (Phi) is 3.83. The number of halogens is 1. The van der Waals surface area contributed by atoms with Crippen molar-refractivity contribution in [1.82, 2.24) is 0 Å². The highest BCUT2D eigenvalue weighted by molar-refractivity contribution is 14.1. The average molecular weight is 358 g/mol. The second-order valence-electron chi connectivity index (χ2n) is 4.75. The van der Waals surface area contributed by atoms with Crippen LogP contribution < -0.4 is 0 Å². The van der Waals surface area contributed by atoms with Gasteiger partial charge in [-0.25, -0.2) is 0 Å². The molecule has 2 aromatic carbocycles. The number of hydrogen-bond donors (Lipinski definition) is 0. The van der Waals surface area contributed by atoms with E-state index in [1.165, 1.54) is 25.8 Å². The molecule has 0 atom stereocenters. The zero-order chi connectivity index (χ0) is 13.1. The van der Waals surface area contributed by atoms with Crippen LogP contribution in [0.25, 0.3) is 16.7 Å². The molecule has 0 nitrogen and oxygen atoms in total. The lowest BCUT2D eigenvalue weighted by Gasteiger charge is -2.12. The molecule has 0 spiro atoms. The quantitative estimate of drug-likeness (QED) is 0.605. The minimum absolute atomic E-state index is 1.14. The average Bonchev–Trinajstić information content (AvgIpc) is 2.48. The van der Waals surface area contributed by atoms with Crippen molar-refractivity contribution in [2.75, 3.05) is 0 Å². The predicted molar refractivity (Wildman–Crippen MR) is 90.9 cm³/mol. The van der Waals surface area contributed by atoms with Crippen molar-refractivity contribution in [3.8, 4) is 11.1 Å². The molecule has 0 N–H and O–H groups in total. The largest absolute Gasteiger partial charge is 0.0842 e. The molecule has 0 saturated carbocycles. The summed E-state index contributed by atoms with van der Waals surface area (Å²) < 4.78 is 1.30. The Labute approximate surface area is 128 Å². The standard InChI is InChI=1S/C18H15I/c19-18-12-16(14-7-3-1-4-8-14)11-17(13-18)15-9-5-2-6-10-15/h1-5,7-9,11-13H,6,10H2. The molecule has 0 fully saturated rings. The molecule has 0 unspecified atom stereocenters. The molecule has 0 bridgehead atoms. The van der Waals surface area contributed by atoms with Crippen LogP contribution in [0.1, 0.15) is 18.4 Å². The van der Waals surface area contributed by atoms with Crippen LogP contribution >= 0.6 is 22.6 Å². The third-order valence-electron chi connectivity index (χ3n) is 3.39. The summed E-state index contributed by atoms with van der Waals surface area (Å²) in [6.45, 7) is 0. The number of allylic oxidation sites excluding steroid dienone is 4. The summed E-state index contributed by atoms with van der Waals surface area (Å²) in [6, 6.07) is 17.4. The molecular weight excluding hydrogens is 343 g/mol. The molecule has 94 valence electrons. The Morgan fingerprint density at radius 3 is 2.37 bits per heavy atom. The second-order valence-corrected chi connectivity index (χ2v) is 6.00. The highest BCUT2D eigenvalue weighted by Crippen LogP contribution is 2.29. The smallest absolute Gasteiger partial charge is 0.0142 e. The van der Waals surface area contributed by atoms with Crippen LogP contribution in [0, 0.1) is 3.57 Å². The molecule has 1 aliphatic carbocycles. The van der Waals surface area contributed by atoms with Crippen LogP contribution in [0.5, 0.6) is 0 Å². The second kappa shape index (κ2) is 5.74. The van der Waals surface area contributed by atoms with E-state index < -0.39 is 0 Å². The normalized spacial score (nSPS) is 14.3. The third kappa shape index (κ3) is 2.98. The number of benzene rings is 2. The van der Waals surface area contributed by atoms with Crippen molar-refractivity contribution in [2.24, 2.45) is 0 Å². The molecule has 2 aromatic rings. The van der Waals surface area contributed by atoms with E-state index in [0.717, 1.165) is 12.8 Å². The van der Waals surface area contributed by atoms with Gasteiger partial charge in [0.1, 0.15) is 0 Å². The van der Waals surface area contributed by atoms with E-state index >= 15 is 0 Å². The molecule has 0 amide bonds. The summed E-state index contributed by atoms with van der Waals surface area (Å²) in [5.74, 6) is 0. The fraction of sp³-hybridized carbons (Fsp3) is 0.111. The zero-order valence-corrected chi connectivity index (χ0v) is 12.8. The zero-order valence-electron chi connectivity index (χ0n) is 10.6. The van der Waals surface area contributed by atoms with Crippen molar-refractivity contribution in [3.63, 3.8) is 0 Å². The van der Waals surface area contributed by atoms with Gasteiger partial charge in [-0.05, 0) is 75.9 Å². The highest BCUT2D eigenvalue weighted by atomic mass is 127. The van der Waals surface area contributed by atoms with E-state index in [1.807, 2.05) is 0 Å². The summed E-state index contributed by atoms with van der Waals surface area (Å²) >= 11 is 2.41. The van der Waals surface area contributed by atoms with Crippen molar-refractivity contribution in [3.05, 3.63) is 75.9 Å². The van der Waals surface area contributed by atoms with Crippen molar-refractivity contribution in [1.29, 1.82) is 0 Å². The minimum Gasteiger partial charge on any atom is -0.0842 e. The SMILES string of the molecule is Ic1cc(C2=CC=CCC2)cc(-c2ccccc2)c1. The summed E-state index contributed by atoms with van der Waals surface area (Å²) in [6.07, 6.45) is 8.93.